The van der Waals surface area contributed by atoms with Gasteiger partial charge in [-0.3, -0.25) is 14.9 Å². The molecule has 196 valence electrons. The number of para-hydroxylation sites is 1. The van der Waals surface area contributed by atoms with Gasteiger partial charge in [0.2, 0.25) is 0 Å². The molecule has 5 rings (SSSR count). The molecule has 3 N–H and O–H groups in total. The number of benzene rings is 3. The van der Waals surface area contributed by atoms with Gasteiger partial charge in [0.1, 0.15) is 23.9 Å². The maximum atomic E-state index is 12.1. The van der Waals surface area contributed by atoms with Gasteiger partial charge in [-0.15, -0.1) is 0 Å². The molecule has 1 saturated carbocycles. The fraction of sp³-hybridized carbons (Fsp3) is 0.300. The smallest absolute Gasteiger partial charge is 0.310 e. The third-order valence-corrected chi connectivity index (χ3v) is 7.00. The summed E-state index contributed by atoms with van der Waals surface area (Å²) in [7, 11) is 1.65. The Kier molecular flexibility index (Phi) is 7.31. The van der Waals surface area contributed by atoms with Crippen molar-refractivity contribution in [3.8, 4) is 22.6 Å². The second kappa shape index (κ2) is 11.0. The normalized spacial score (nSPS) is 13.2. The van der Waals surface area contributed by atoms with E-state index in [1.807, 2.05) is 54.6 Å². The van der Waals surface area contributed by atoms with Gasteiger partial charge in [-0.2, -0.15) is 5.10 Å². The van der Waals surface area contributed by atoms with E-state index in [1.165, 1.54) is 6.42 Å². The standard InChI is InChI=1S/C30H32N4O4/c1-3-37-29(35)15-20-8-4-5-13-27(20)38-18-26-24-16-23(19-9-6-10-21(14-19)30(31)32)28(36-2)17-25(24)33-34(26)22-11-7-12-22/h4-6,8-10,13-14,16-17,22H,3,7,11-12,15,18H2,1-2H3,(H3,31,32). The van der Waals surface area contributed by atoms with E-state index in [-0.39, 0.29) is 18.2 Å². The van der Waals surface area contributed by atoms with Crippen molar-refractivity contribution in [1.29, 1.82) is 5.41 Å². The zero-order valence-corrected chi connectivity index (χ0v) is 21.7. The molecule has 0 spiro atoms. The van der Waals surface area contributed by atoms with Crippen LogP contribution in [0.15, 0.2) is 60.7 Å². The Balaban J connectivity index is 1.55. The number of aromatic nitrogens is 2. The molecular weight excluding hydrogens is 480 g/mol. The number of nitrogens with two attached hydrogens (primary N) is 1. The Hall–Kier alpha value is -4.33. The molecule has 1 heterocycles. The molecule has 0 bridgehead atoms. The lowest BCUT2D eigenvalue weighted by Gasteiger charge is -2.27. The van der Waals surface area contributed by atoms with E-state index in [4.69, 9.17) is 30.5 Å². The van der Waals surface area contributed by atoms with Gasteiger partial charge in [0, 0.05) is 28.1 Å². The zero-order chi connectivity index (χ0) is 26.6. The van der Waals surface area contributed by atoms with E-state index >= 15 is 0 Å². The van der Waals surface area contributed by atoms with Crippen LogP contribution in [-0.4, -0.2) is 35.3 Å². The molecule has 0 saturated heterocycles. The Morgan fingerprint density at radius 1 is 1.11 bits per heavy atom. The van der Waals surface area contributed by atoms with Crippen molar-refractivity contribution in [2.24, 2.45) is 5.73 Å². The topological polar surface area (TPSA) is 112 Å². The molecule has 1 aromatic heterocycles. The Bertz CT molecular complexity index is 1490. The van der Waals surface area contributed by atoms with E-state index in [1.54, 1.807) is 14.0 Å². The van der Waals surface area contributed by atoms with E-state index in [2.05, 4.69) is 10.7 Å². The fourth-order valence-electron chi connectivity index (χ4n) is 4.81. The number of rotatable bonds is 10. The van der Waals surface area contributed by atoms with Gasteiger partial charge >= 0.3 is 5.97 Å². The minimum atomic E-state index is -0.280. The van der Waals surface area contributed by atoms with Crippen LogP contribution >= 0.6 is 0 Å². The minimum Gasteiger partial charge on any atom is -0.496 e. The second-order valence-corrected chi connectivity index (χ2v) is 9.42. The number of amidine groups is 1. The summed E-state index contributed by atoms with van der Waals surface area (Å²) in [5, 5.41) is 13.8. The summed E-state index contributed by atoms with van der Waals surface area (Å²) in [4.78, 5) is 12.1. The SMILES string of the molecule is CCOC(=O)Cc1ccccc1OCc1c2cc(-c3cccc(C(=N)N)c3)c(OC)cc2nn1C1CCC1. The average molecular weight is 513 g/mol. The fourth-order valence-corrected chi connectivity index (χ4v) is 4.81. The van der Waals surface area contributed by atoms with Crippen LogP contribution in [0.5, 0.6) is 11.5 Å². The third-order valence-electron chi connectivity index (χ3n) is 7.00. The van der Waals surface area contributed by atoms with E-state index in [0.717, 1.165) is 46.1 Å². The summed E-state index contributed by atoms with van der Waals surface area (Å²) in [6.07, 6.45) is 3.48. The van der Waals surface area contributed by atoms with Gasteiger partial charge in [-0.05, 0) is 49.9 Å². The molecule has 4 aromatic rings. The summed E-state index contributed by atoms with van der Waals surface area (Å²) >= 11 is 0. The minimum absolute atomic E-state index is 0.0141. The molecule has 0 amide bonds. The number of methoxy groups -OCH3 is 1. The highest BCUT2D eigenvalue weighted by Crippen LogP contribution is 2.39. The predicted molar refractivity (Wildman–Crippen MR) is 147 cm³/mol. The maximum Gasteiger partial charge on any atom is 0.310 e. The number of carbonyl (C=O) groups is 1. The number of nitrogens with zero attached hydrogens (tertiary/aromatic N) is 2. The molecular formula is C30H32N4O4. The molecule has 0 unspecified atom stereocenters. The van der Waals surface area contributed by atoms with Gasteiger partial charge in [-0.25, -0.2) is 0 Å². The number of nitrogens with one attached hydrogen (secondary N) is 1. The summed E-state index contributed by atoms with van der Waals surface area (Å²) in [6, 6.07) is 19.5. The van der Waals surface area contributed by atoms with Crippen LogP contribution in [-0.2, 0) is 22.6 Å². The molecule has 0 atom stereocenters. The van der Waals surface area contributed by atoms with Crippen molar-refractivity contribution in [2.75, 3.05) is 13.7 Å². The van der Waals surface area contributed by atoms with Crippen LogP contribution in [0.4, 0.5) is 0 Å². The Labute approximate surface area is 221 Å². The lowest BCUT2D eigenvalue weighted by molar-refractivity contribution is -0.142. The average Bonchev–Trinajstić information content (AvgIpc) is 3.23. The monoisotopic (exact) mass is 512 g/mol. The highest BCUT2D eigenvalue weighted by Gasteiger charge is 2.26. The van der Waals surface area contributed by atoms with Crippen molar-refractivity contribution in [3.05, 3.63) is 77.5 Å². The lowest BCUT2D eigenvalue weighted by atomic mass is 9.93. The van der Waals surface area contributed by atoms with Crippen LogP contribution in [0.2, 0.25) is 0 Å². The van der Waals surface area contributed by atoms with Gasteiger partial charge in [0.25, 0.3) is 0 Å². The number of hydrogen-bond donors (Lipinski definition) is 2. The summed E-state index contributed by atoms with van der Waals surface area (Å²) in [5.41, 5.74) is 10.8. The molecule has 38 heavy (non-hydrogen) atoms. The van der Waals surface area contributed by atoms with Crippen LogP contribution in [0.1, 0.15) is 49.0 Å². The van der Waals surface area contributed by atoms with Gasteiger partial charge in [0.05, 0.1) is 37.4 Å². The number of fused-ring (bicyclic) bond motifs is 1. The first-order valence-corrected chi connectivity index (χ1v) is 12.9. The van der Waals surface area contributed by atoms with Crippen molar-refractivity contribution in [1.82, 2.24) is 9.78 Å². The molecule has 1 aliphatic carbocycles. The number of hydrogen-bond acceptors (Lipinski definition) is 6. The molecule has 1 aliphatic rings. The first-order valence-electron chi connectivity index (χ1n) is 12.9. The van der Waals surface area contributed by atoms with Gasteiger partial charge in [-0.1, -0.05) is 36.4 Å². The van der Waals surface area contributed by atoms with Gasteiger partial charge < -0.3 is 19.9 Å². The van der Waals surface area contributed by atoms with E-state index in [9.17, 15) is 4.79 Å². The van der Waals surface area contributed by atoms with Gasteiger partial charge in [0.15, 0.2) is 0 Å². The summed E-state index contributed by atoms with van der Waals surface area (Å²) in [5.74, 6) is 1.08. The first kappa shape index (κ1) is 25.3. The zero-order valence-electron chi connectivity index (χ0n) is 21.7. The first-order chi connectivity index (χ1) is 18.5. The van der Waals surface area contributed by atoms with E-state index in [0.29, 0.717) is 36.3 Å². The molecule has 1 fully saturated rings. The van der Waals surface area contributed by atoms with Crippen LogP contribution < -0.4 is 15.2 Å². The van der Waals surface area contributed by atoms with Crippen LogP contribution in [0, 0.1) is 5.41 Å². The van der Waals surface area contributed by atoms with Crippen molar-refractivity contribution >= 4 is 22.7 Å². The quantitative estimate of drug-likeness (QED) is 0.167. The molecule has 8 heteroatoms. The predicted octanol–water partition coefficient (Wildman–Crippen LogP) is 5.41. The third kappa shape index (κ3) is 5.07. The lowest BCUT2D eigenvalue weighted by Crippen LogP contribution is -2.21. The number of carbonyl (C=O) groups excluding carboxylic acids is 1. The number of esters is 1. The second-order valence-electron chi connectivity index (χ2n) is 9.42. The Morgan fingerprint density at radius 2 is 1.92 bits per heavy atom. The highest BCUT2D eigenvalue weighted by atomic mass is 16.5. The molecule has 8 nitrogen and oxygen atoms in total. The van der Waals surface area contributed by atoms with E-state index < -0.39 is 0 Å². The summed E-state index contributed by atoms with van der Waals surface area (Å²) < 4.78 is 19.3. The molecule has 0 aliphatic heterocycles. The van der Waals surface area contributed by atoms with Crippen molar-refractivity contribution in [3.63, 3.8) is 0 Å². The van der Waals surface area contributed by atoms with Crippen molar-refractivity contribution < 1.29 is 19.0 Å². The van der Waals surface area contributed by atoms with Crippen LogP contribution in [0.3, 0.4) is 0 Å². The Morgan fingerprint density at radius 3 is 2.63 bits per heavy atom. The summed E-state index contributed by atoms with van der Waals surface area (Å²) in [6.45, 7) is 2.44. The maximum absolute atomic E-state index is 12.1. The number of ether oxygens (including phenoxy) is 3. The van der Waals surface area contributed by atoms with Crippen molar-refractivity contribution in [2.45, 2.75) is 45.3 Å². The van der Waals surface area contributed by atoms with Crippen LogP contribution in [0.25, 0.3) is 22.0 Å². The largest absolute Gasteiger partial charge is 0.496 e. The molecule has 0 radical (unpaired) electrons. The number of nitrogen functional groups attached to an aromatic ring is 1. The molecule has 3 aromatic carbocycles. The highest BCUT2D eigenvalue weighted by molar-refractivity contribution is 5.97.